The highest BCUT2D eigenvalue weighted by molar-refractivity contribution is 7.20. The highest BCUT2D eigenvalue weighted by Gasteiger charge is 2.32. The lowest BCUT2D eigenvalue weighted by Crippen LogP contribution is -2.43. The van der Waals surface area contributed by atoms with Crippen LogP contribution in [0, 0.1) is 5.92 Å². The SMILES string of the molecule is O=C(c1cc(Cl)sc1Cl)N1CCC(C(=O)N2CCCC2)CC1. The van der Waals surface area contributed by atoms with Gasteiger partial charge >= 0.3 is 0 Å². The van der Waals surface area contributed by atoms with E-state index in [1.165, 1.54) is 11.3 Å². The van der Waals surface area contributed by atoms with Crippen LogP contribution in [0.4, 0.5) is 0 Å². The number of halogens is 2. The number of piperidine rings is 1. The maximum Gasteiger partial charge on any atom is 0.256 e. The van der Waals surface area contributed by atoms with Crippen molar-refractivity contribution in [3.05, 3.63) is 20.3 Å². The summed E-state index contributed by atoms with van der Waals surface area (Å²) in [5, 5.41) is 0. The number of amides is 2. The minimum atomic E-state index is -0.0831. The van der Waals surface area contributed by atoms with E-state index in [0.29, 0.717) is 27.3 Å². The fraction of sp³-hybridized carbons (Fsp3) is 0.600. The van der Waals surface area contributed by atoms with Crippen molar-refractivity contribution in [3.8, 4) is 0 Å². The van der Waals surface area contributed by atoms with Gasteiger partial charge in [-0.15, -0.1) is 11.3 Å². The standard InChI is InChI=1S/C15H18Cl2N2O2S/c16-12-9-11(13(17)22-12)15(21)19-7-3-10(4-8-19)14(20)18-5-1-2-6-18/h9-10H,1-8H2. The van der Waals surface area contributed by atoms with Crippen LogP contribution < -0.4 is 0 Å². The van der Waals surface area contributed by atoms with Crippen LogP contribution in [-0.4, -0.2) is 47.8 Å². The fourth-order valence-corrected chi connectivity index (χ4v) is 4.63. The third kappa shape index (κ3) is 3.26. The van der Waals surface area contributed by atoms with E-state index in [1.807, 2.05) is 4.90 Å². The average Bonchev–Trinajstić information content (AvgIpc) is 3.15. The van der Waals surface area contributed by atoms with E-state index >= 15 is 0 Å². The Balaban J connectivity index is 1.58. The molecule has 4 nitrogen and oxygen atoms in total. The number of hydrogen-bond acceptors (Lipinski definition) is 3. The molecule has 0 N–H and O–H groups in total. The molecular weight excluding hydrogens is 343 g/mol. The monoisotopic (exact) mass is 360 g/mol. The number of carbonyl (C=O) groups excluding carboxylic acids is 2. The molecule has 0 aliphatic carbocycles. The van der Waals surface area contributed by atoms with Crippen LogP contribution in [0.2, 0.25) is 8.67 Å². The number of thiophene rings is 1. The number of rotatable bonds is 2. The van der Waals surface area contributed by atoms with E-state index < -0.39 is 0 Å². The molecule has 0 radical (unpaired) electrons. The van der Waals surface area contributed by atoms with E-state index in [-0.39, 0.29) is 17.7 Å². The lowest BCUT2D eigenvalue weighted by molar-refractivity contribution is -0.135. The number of nitrogens with zero attached hydrogens (tertiary/aromatic N) is 2. The summed E-state index contributed by atoms with van der Waals surface area (Å²) in [6.07, 6.45) is 3.69. The molecule has 0 saturated carbocycles. The van der Waals surface area contributed by atoms with Crippen LogP contribution in [0.15, 0.2) is 6.07 Å². The molecule has 7 heteroatoms. The Morgan fingerprint density at radius 2 is 1.68 bits per heavy atom. The predicted molar refractivity (Wildman–Crippen MR) is 88.8 cm³/mol. The molecule has 22 heavy (non-hydrogen) atoms. The lowest BCUT2D eigenvalue weighted by atomic mass is 9.95. The van der Waals surface area contributed by atoms with Crippen LogP contribution in [-0.2, 0) is 4.79 Å². The van der Waals surface area contributed by atoms with E-state index in [9.17, 15) is 9.59 Å². The summed E-state index contributed by atoms with van der Waals surface area (Å²) in [5.74, 6) is 0.241. The molecule has 120 valence electrons. The normalized spacial score (nSPS) is 19.7. The molecule has 2 fully saturated rings. The van der Waals surface area contributed by atoms with Crippen molar-refractivity contribution in [1.82, 2.24) is 9.80 Å². The van der Waals surface area contributed by atoms with Crippen LogP contribution in [0.5, 0.6) is 0 Å². The molecule has 1 aromatic heterocycles. The maximum absolute atomic E-state index is 12.5. The van der Waals surface area contributed by atoms with Gasteiger partial charge in [-0.1, -0.05) is 23.2 Å². The third-order valence-electron chi connectivity index (χ3n) is 4.44. The first-order valence-corrected chi connectivity index (χ1v) is 9.16. The Bertz CT molecular complexity index is 576. The van der Waals surface area contributed by atoms with Crippen LogP contribution in [0.1, 0.15) is 36.0 Å². The van der Waals surface area contributed by atoms with Gasteiger partial charge in [0.25, 0.3) is 5.91 Å². The summed E-state index contributed by atoms with van der Waals surface area (Å²) in [7, 11) is 0. The van der Waals surface area contributed by atoms with Crippen LogP contribution >= 0.6 is 34.5 Å². The summed E-state index contributed by atoms with van der Waals surface area (Å²) < 4.78 is 0.956. The van der Waals surface area contributed by atoms with Gasteiger partial charge in [-0.05, 0) is 31.7 Å². The number of likely N-dealkylation sites (tertiary alicyclic amines) is 2. The minimum Gasteiger partial charge on any atom is -0.342 e. The summed E-state index contributed by atoms with van der Waals surface area (Å²) in [5.41, 5.74) is 0.473. The molecule has 2 saturated heterocycles. The predicted octanol–water partition coefficient (Wildman–Crippen LogP) is 3.53. The summed E-state index contributed by atoms with van der Waals surface area (Å²) in [6, 6.07) is 1.62. The second-order valence-corrected chi connectivity index (χ2v) is 8.12. The van der Waals surface area contributed by atoms with Crippen LogP contribution in [0.25, 0.3) is 0 Å². The zero-order valence-electron chi connectivity index (χ0n) is 12.2. The van der Waals surface area contributed by atoms with Gasteiger partial charge < -0.3 is 9.80 Å². The van der Waals surface area contributed by atoms with Gasteiger partial charge in [0, 0.05) is 32.1 Å². The molecule has 0 atom stereocenters. The van der Waals surface area contributed by atoms with Gasteiger partial charge in [-0.3, -0.25) is 9.59 Å². The van der Waals surface area contributed by atoms with Gasteiger partial charge in [0.05, 0.1) is 9.90 Å². The second kappa shape index (κ2) is 6.77. The van der Waals surface area contributed by atoms with Crippen molar-refractivity contribution in [1.29, 1.82) is 0 Å². The highest BCUT2D eigenvalue weighted by Crippen LogP contribution is 2.33. The fourth-order valence-electron chi connectivity index (χ4n) is 3.18. The first kappa shape index (κ1) is 16.1. The average molecular weight is 361 g/mol. The van der Waals surface area contributed by atoms with E-state index in [4.69, 9.17) is 23.2 Å². The first-order chi connectivity index (χ1) is 10.6. The molecule has 3 rings (SSSR count). The Morgan fingerprint density at radius 3 is 2.23 bits per heavy atom. The van der Waals surface area contributed by atoms with Gasteiger partial charge in [0.2, 0.25) is 5.91 Å². The van der Waals surface area contributed by atoms with Gasteiger partial charge in [-0.25, -0.2) is 0 Å². The highest BCUT2D eigenvalue weighted by atomic mass is 35.5. The Hall–Kier alpha value is -0.780. The second-order valence-electron chi connectivity index (χ2n) is 5.84. The van der Waals surface area contributed by atoms with Crippen molar-refractivity contribution < 1.29 is 9.59 Å². The molecule has 0 spiro atoms. The molecule has 2 aliphatic heterocycles. The molecule has 2 aliphatic rings. The topological polar surface area (TPSA) is 40.6 Å². The third-order valence-corrected chi connectivity index (χ3v) is 5.92. The Labute approximate surface area is 144 Å². The van der Waals surface area contributed by atoms with Crippen molar-refractivity contribution in [2.24, 2.45) is 5.92 Å². The molecule has 1 aromatic rings. The smallest absolute Gasteiger partial charge is 0.256 e. The van der Waals surface area contributed by atoms with Gasteiger partial charge in [-0.2, -0.15) is 0 Å². The van der Waals surface area contributed by atoms with Crippen molar-refractivity contribution >= 4 is 46.4 Å². The van der Waals surface area contributed by atoms with E-state index in [1.54, 1.807) is 11.0 Å². The van der Waals surface area contributed by atoms with Crippen molar-refractivity contribution in [2.45, 2.75) is 25.7 Å². The summed E-state index contributed by atoms with van der Waals surface area (Å²) in [6.45, 7) is 2.99. The van der Waals surface area contributed by atoms with Crippen LogP contribution in [0.3, 0.4) is 0 Å². The summed E-state index contributed by atoms with van der Waals surface area (Å²) >= 11 is 13.2. The zero-order chi connectivity index (χ0) is 15.7. The lowest BCUT2D eigenvalue weighted by Gasteiger charge is -2.33. The largest absolute Gasteiger partial charge is 0.342 e. The van der Waals surface area contributed by atoms with Crippen molar-refractivity contribution in [2.75, 3.05) is 26.2 Å². The Morgan fingerprint density at radius 1 is 1.05 bits per heavy atom. The van der Waals surface area contributed by atoms with E-state index in [0.717, 1.165) is 38.8 Å². The maximum atomic E-state index is 12.5. The molecule has 0 unspecified atom stereocenters. The molecule has 0 bridgehead atoms. The summed E-state index contributed by atoms with van der Waals surface area (Å²) in [4.78, 5) is 28.6. The molecule has 2 amide bonds. The molecular formula is C15H18Cl2N2O2S. The molecule has 0 aromatic carbocycles. The zero-order valence-corrected chi connectivity index (χ0v) is 14.5. The first-order valence-electron chi connectivity index (χ1n) is 7.59. The van der Waals surface area contributed by atoms with Gasteiger partial charge in [0.1, 0.15) is 4.34 Å². The number of carbonyl (C=O) groups is 2. The number of hydrogen-bond donors (Lipinski definition) is 0. The molecule has 3 heterocycles. The quantitative estimate of drug-likeness (QED) is 0.809. The van der Waals surface area contributed by atoms with Gasteiger partial charge in [0.15, 0.2) is 0 Å². The van der Waals surface area contributed by atoms with E-state index in [2.05, 4.69) is 0 Å². The minimum absolute atomic E-state index is 0.0590. The van der Waals surface area contributed by atoms with Crippen molar-refractivity contribution in [3.63, 3.8) is 0 Å². The Kier molecular flexibility index (Phi) is 4.95.